The Balaban J connectivity index is 2.12. The highest BCUT2D eigenvalue weighted by Gasteiger charge is 2.09. The standard InChI is InChI=1S/C15H16ClN3O3/c1-9(20)8-17-15(21)11-4-3-5-12(6-11)22-14-7-13(16)18-10(2)19-14/h3-7,9,20H,8H2,1-2H3,(H,17,21)/t9-/m0/s1. The van der Waals surface area contributed by atoms with Gasteiger partial charge in [-0.05, 0) is 32.0 Å². The summed E-state index contributed by atoms with van der Waals surface area (Å²) >= 11 is 5.85. The topological polar surface area (TPSA) is 84.3 Å². The molecule has 0 unspecified atom stereocenters. The van der Waals surface area contributed by atoms with Crippen LogP contribution < -0.4 is 10.1 Å². The van der Waals surface area contributed by atoms with Crippen LogP contribution in [-0.2, 0) is 0 Å². The van der Waals surface area contributed by atoms with Crippen LogP contribution in [0, 0.1) is 6.92 Å². The molecule has 6 nitrogen and oxygen atoms in total. The predicted molar refractivity (Wildman–Crippen MR) is 82.3 cm³/mol. The minimum absolute atomic E-state index is 0.185. The first-order chi connectivity index (χ1) is 10.4. The fourth-order valence-electron chi connectivity index (χ4n) is 1.72. The second kappa shape index (κ2) is 7.20. The van der Waals surface area contributed by atoms with Gasteiger partial charge in [-0.2, -0.15) is 4.98 Å². The zero-order chi connectivity index (χ0) is 16.1. The number of aromatic nitrogens is 2. The molecule has 2 aromatic rings. The summed E-state index contributed by atoms with van der Waals surface area (Å²) in [6, 6.07) is 8.14. The maximum absolute atomic E-state index is 11.9. The first-order valence-corrected chi connectivity index (χ1v) is 7.07. The first kappa shape index (κ1) is 16.2. The predicted octanol–water partition coefficient (Wildman–Crippen LogP) is 2.34. The number of hydrogen-bond donors (Lipinski definition) is 2. The lowest BCUT2D eigenvalue weighted by Crippen LogP contribution is -2.30. The molecule has 0 bridgehead atoms. The van der Waals surface area contributed by atoms with Crippen molar-refractivity contribution in [3.8, 4) is 11.6 Å². The van der Waals surface area contributed by atoms with E-state index in [1.54, 1.807) is 38.1 Å². The van der Waals surface area contributed by atoms with E-state index in [2.05, 4.69) is 15.3 Å². The van der Waals surface area contributed by atoms with Gasteiger partial charge in [0.25, 0.3) is 5.91 Å². The van der Waals surface area contributed by atoms with Crippen molar-refractivity contribution in [1.82, 2.24) is 15.3 Å². The molecular formula is C15H16ClN3O3. The van der Waals surface area contributed by atoms with Crippen molar-refractivity contribution in [2.45, 2.75) is 20.0 Å². The molecule has 0 aliphatic rings. The second-order valence-electron chi connectivity index (χ2n) is 4.77. The Kier molecular flexibility index (Phi) is 5.30. The van der Waals surface area contributed by atoms with Gasteiger partial charge in [-0.1, -0.05) is 17.7 Å². The number of amides is 1. The highest BCUT2D eigenvalue weighted by Crippen LogP contribution is 2.22. The van der Waals surface area contributed by atoms with Crippen molar-refractivity contribution < 1.29 is 14.6 Å². The third-order valence-corrected chi connectivity index (χ3v) is 2.85. The van der Waals surface area contributed by atoms with Gasteiger partial charge in [0.05, 0.1) is 6.10 Å². The number of aliphatic hydroxyl groups excluding tert-OH is 1. The largest absolute Gasteiger partial charge is 0.439 e. The Bertz CT molecular complexity index is 657. The molecule has 0 aliphatic heterocycles. The number of benzene rings is 1. The Morgan fingerprint density at radius 3 is 2.86 bits per heavy atom. The fraction of sp³-hybridized carbons (Fsp3) is 0.267. The van der Waals surface area contributed by atoms with Crippen molar-refractivity contribution in [2.75, 3.05) is 6.54 Å². The maximum atomic E-state index is 11.9. The van der Waals surface area contributed by atoms with E-state index < -0.39 is 6.10 Å². The van der Waals surface area contributed by atoms with Gasteiger partial charge in [-0.25, -0.2) is 4.98 Å². The summed E-state index contributed by atoms with van der Waals surface area (Å²) in [4.78, 5) is 20.0. The molecule has 0 spiro atoms. The van der Waals surface area contributed by atoms with Crippen molar-refractivity contribution in [3.63, 3.8) is 0 Å². The number of ether oxygens (including phenoxy) is 1. The van der Waals surface area contributed by atoms with Gasteiger partial charge in [0.2, 0.25) is 5.88 Å². The molecule has 116 valence electrons. The molecule has 2 rings (SSSR count). The normalized spacial score (nSPS) is 11.8. The number of halogens is 1. The van der Waals surface area contributed by atoms with Crippen LogP contribution >= 0.6 is 11.6 Å². The molecule has 1 aromatic heterocycles. The van der Waals surface area contributed by atoms with Crippen LogP contribution in [0.1, 0.15) is 23.1 Å². The molecule has 1 aromatic carbocycles. The molecule has 0 radical (unpaired) electrons. The van der Waals surface area contributed by atoms with E-state index in [4.69, 9.17) is 16.3 Å². The number of carbonyl (C=O) groups is 1. The van der Waals surface area contributed by atoms with Gasteiger partial charge < -0.3 is 15.2 Å². The van der Waals surface area contributed by atoms with Gasteiger partial charge >= 0.3 is 0 Å². The van der Waals surface area contributed by atoms with Crippen LogP contribution in [0.3, 0.4) is 0 Å². The summed E-state index contributed by atoms with van der Waals surface area (Å²) in [6.45, 7) is 3.49. The Morgan fingerprint density at radius 1 is 1.41 bits per heavy atom. The highest BCUT2D eigenvalue weighted by atomic mass is 35.5. The number of nitrogens with one attached hydrogen (secondary N) is 1. The summed E-state index contributed by atoms with van der Waals surface area (Å²) in [5, 5.41) is 12.1. The second-order valence-corrected chi connectivity index (χ2v) is 5.15. The highest BCUT2D eigenvalue weighted by molar-refractivity contribution is 6.29. The van der Waals surface area contributed by atoms with Gasteiger partial charge in [0.15, 0.2) is 0 Å². The van der Waals surface area contributed by atoms with Crippen LogP contribution in [0.2, 0.25) is 5.15 Å². The minimum Gasteiger partial charge on any atom is -0.439 e. The van der Waals surface area contributed by atoms with Crippen LogP contribution in [0.4, 0.5) is 0 Å². The summed E-state index contributed by atoms with van der Waals surface area (Å²) in [6.07, 6.45) is -0.602. The number of aliphatic hydroxyl groups is 1. The summed E-state index contributed by atoms with van der Waals surface area (Å²) < 4.78 is 5.59. The van der Waals surface area contributed by atoms with Crippen molar-refractivity contribution in [2.24, 2.45) is 0 Å². The number of rotatable bonds is 5. The monoisotopic (exact) mass is 321 g/mol. The molecule has 1 atom stereocenters. The zero-order valence-corrected chi connectivity index (χ0v) is 13.0. The maximum Gasteiger partial charge on any atom is 0.251 e. The third-order valence-electron chi connectivity index (χ3n) is 2.66. The van der Waals surface area contributed by atoms with E-state index in [-0.39, 0.29) is 17.6 Å². The molecule has 0 saturated heterocycles. The lowest BCUT2D eigenvalue weighted by Gasteiger charge is -2.09. The van der Waals surface area contributed by atoms with Crippen LogP contribution in [0.5, 0.6) is 11.6 Å². The fourth-order valence-corrected chi connectivity index (χ4v) is 1.94. The van der Waals surface area contributed by atoms with Crippen LogP contribution in [0.25, 0.3) is 0 Å². The molecular weight excluding hydrogens is 306 g/mol. The number of aryl methyl sites for hydroxylation is 1. The molecule has 0 aliphatic carbocycles. The van der Waals surface area contributed by atoms with Crippen molar-refractivity contribution in [1.29, 1.82) is 0 Å². The molecule has 0 fully saturated rings. The number of carbonyl (C=O) groups excluding carboxylic acids is 1. The van der Waals surface area contributed by atoms with E-state index >= 15 is 0 Å². The average molecular weight is 322 g/mol. The lowest BCUT2D eigenvalue weighted by atomic mass is 10.2. The Hall–Kier alpha value is -2.18. The smallest absolute Gasteiger partial charge is 0.251 e. The van der Waals surface area contributed by atoms with E-state index in [1.807, 2.05) is 0 Å². The van der Waals surface area contributed by atoms with Gasteiger partial charge in [0.1, 0.15) is 16.7 Å². The van der Waals surface area contributed by atoms with Crippen LogP contribution in [0.15, 0.2) is 30.3 Å². The lowest BCUT2D eigenvalue weighted by molar-refractivity contribution is 0.0923. The molecule has 0 saturated carbocycles. The number of hydrogen-bond acceptors (Lipinski definition) is 5. The SMILES string of the molecule is Cc1nc(Cl)cc(Oc2cccc(C(=O)NC[C@H](C)O)c2)n1. The molecule has 7 heteroatoms. The van der Waals surface area contributed by atoms with Gasteiger partial charge in [-0.3, -0.25) is 4.79 Å². The molecule has 1 amide bonds. The third kappa shape index (κ3) is 4.68. The summed E-state index contributed by atoms with van der Waals surface area (Å²) in [5.74, 6) is 0.967. The number of nitrogens with zero attached hydrogens (tertiary/aromatic N) is 2. The van der Waals surface area contributed by atoms with Crippen LogP contribution in [-0.4, -0.2) is 33.6 Å². The average Bonchev–Trinajstić information content (AvgIpc) is 2.44. The summed E-state index contributed by atoms with van der Waals surface area (Å²) in [5.41, 5.74) is 0.426. The van der Waals surface area contributed by atoms with E-state index in [0.717, 1.165) is 0 Å². The van der Waals surface area contributed by atoms with Crippen molar-refractivity contribution in [3.05, 3.63) is 46.9 Å². The van der Waals surface area contributed by atoms with E-state index in [1.165, 1.54) is 6.07 Å². The van der Waals surface area contributed by atoms with Gasteiger partial charge in [-0.15, -0.1) is 0 Å². The minimum atomic E-state index is -0.602. The summed E-state index contributed by atoms with van der Waals surface area (Å²) in [7, 11) is 0. The zero-order valence-electron chi connectivity index (χ0n) is 12.2. The Morgan fingerprint density at radius 2 is 2.18 bits per heavy atom. The van der Waals surface area contributed by atoms with Gasteiger partial charge in [0, 0.05) is 18.2 Å². The Labute approximate surface area is 133 Å². The quantitative estimate of drug-likeness (QED) is 0.826. The van der Waals surface area contributed by atoms with E-state index in [0.29, 0.717) is 23.0 Å². The van der Waals surface area contributed by atoms with E-state index in [9.17, 15) is 9.90 Å². The molecule has 1 heterocycles. The molecule has 22 heavy (non-hydrogen) atoms. The van der Waals surface area contributed by atoms with Crippen molar-refractivity contribution >= 4 is 17.5 Å². The first-order valence-electron chi connectivity index (χ1n) is 6.69. The molecule has 2 N–H and O–H groups in total.